The van der Waals surface area contributed by atoms with E-state index in [0.29, 0.717) is 5.69 Å². The van der Waals surface area contributed by atoms with Crippen molar-refractivity contribution < 1.29 is 5.11 Å². The lowest BCUT2D eigenvalue weighted by Crippen LogP contribution is -2.22. The first kappa shape index (κ1) is 12.3. The van der Waals surface area contributed by atoms with Crippen LogP contribution in [0.5, 0.6) is 0 Å². The first-order valence-corrected chi connectivity index (χ1v) is 6.43. The molecule has 1 aliphatic rings. The van der Waals surface area contributed by atoms with Crippen molar-refractivity contribution >= 4 is 5.95 Å². The molecule has 94 valence electrons. The SMILES string of the molecule is CCCC1CCN(c2nc(C)cc(CO)n2)C1. The molecule has 0 spiro atoms. The molecule has 0 aromatic carbocycles. The third kappa shape index (κ3) is 2.94. The number of aliphatic hydroxyl groups excluding tert-OH is 1. The number of nitrogens with zero attached hydrogens (tertiary/aromatic N) is 3. The summed E-state index contributed by atoms with van der Waals surface area (Å²) in [5, 5.41) is 9.16. The molecule has 4 heteroatoms. The Kier molecular flexibility index (Phi) is 3.94. The van der Waals surface area contributed by atoms with E-state index >= 15 is 0 Å². The number of aromatic nitrogens is 2. The number of aliphatic hydroxyl groups is 1. The Balaban J connectivity index is 2.10. The minimum Gasteiger partial charge on any atom is -0.390 e. The highest BCUT2D eigenvalue weighted by Gasteiger charge is 2.23. The van der Waals surface area contributed by atoms with Gasteiger partial charge in [0.2, 0.25) is 5.95 Å². The summed E-state index contributed by atoms with van der Waals surface area (Å²) in [5.41, 5.74) is 1.64. The molecule has 0 amide bonds. The predicted molar refractivity (Wildman–Crippen MR) is 67.9 cm³/mol. The van der Waals surface area contributed by atoms with Crippen LogP contribution in [0.3, 0.4) is 0 Å². The molecule has 1 fully saturated rings. The molecule has 1 aromatic heterocycles. The molecule has 1 saturated heterocycles. The van der Waals surface area contributed by atoms with Gasteiger partial charge in [0, 0.05) is 18.8 Å². The van der Waals surface area contributed by atoms with E-state index in [-0.39, 0.29) is 6.61 Å². The minimum atomic E-state index is -0.0113. The molecule has 0 bridgehead atoms. The van der Waals surface area contributed by atoms with Gasteiger partial charge in [0.15, 0.2) is 0 Å². The molecule has 1 aliphatic heterocycles. The Morgan fingerprint density at radius 1 is 1.47 bits per heavy atom. The van der Waals surface area contributed by atoms with Crippen LogP contribution in [0, 0.1) is 12.8 Å². The van der Waals surface area contributed by atoms with Gasteiger partial charge in [-0.15, -0.1) is 0 Å². The number of aryl methyl sites for hydroxylation is 1. The molecule has 1 unspecified atom stereocenters. The number of anilines is 1. The Morgan fingerprint density at radius 3 is 3.00 bits per heavy atom. The Bertz CT molecular complexity index is 381. The van der Waals surface area contributed by atoms with E-state index in [1.807, 2.05) is 13.0 Å². The number of rotatable bonds is 4. The fourth-order valence-corrected chi connectivity index (χ4v) is 2.50. The highest BCUT2D eigenvalue weighted by Crippen LogP contribution is 2.24. The Labute approximate surface area is 103 Å². The summed E-state index contributed by atoms with van der Waals surface area (Å²) in [4.78, 5) is 11.1. The quantitative estimate of drug-likeness (QED) is 0.866. The highest BCUT2D eigenvalue weighted by molar-refractivity contribution is 5.33. The van der Waals surface area contributed by atoms with Crippen LogP contribution in [-0.4, -0.2) is 28.2 Å². The Hall–Kier alpha value is -1.16. The average molecular weight is 235 g/mol. The van der Waals surface area contributed by atoms with Crippen molar-refractivity contribution in [1.82, 2.24) is 9.97 Å². The van der Waals surface area contributed by atoms with Crippen LogP contribution in [0.25, 0.3) is 0 Å². The standard InChI is InChI=1S/C13H21N3O/c1-3-4-11-5-6-16(8-11)13-14-10(2)7-12(9-17)15-13/h7,11,17H,3-6,8-9H2,1-2H3. The summed E-state index contributed by atoms with van der Waals surface area (Å²) in [6.07, 6.45) is 3.77. The van der Waals surface area contributed by atoms with Crippen LogP contribution in [0.2, 0.25) is 0 Å². The minimum absolute atomic E-state index is 0.0113. The fourth-order valence-electron chi connectivity index (χ4n) is 2.50. The van der Waals surface area contributed by atoms with Crippen molar-refractivity contribution in [3.05, 3.63) is 17.5 Å². The van der Waals surface area contributed by atoms with Crippen molar-refractivity contribution in [3.8, 4) is 0 Å². The zero-order valence-corrected chi connectivity index (χ0v) is 10.7. The fraction of sp³-hybridized carbons (Fsp3) is 0.692. The molecule has 1 N–H and O–H groups in total. The molecule has 0 radical (unpaired) electrons. The van der Waals surface area contributed by atoms with Crippen LogP contribution in [0.1, 0.15) is 37.6 Å². The molecular formula is C13H21N3O. The van der Waals surface area contributed by atoms with E-state index in [9.17, 15) is 0 Å². The predicted octanol–water partition coefficient (Wildman–Crippen LogP) is 1.90. The van der Waals surface area contributed by atoms with Gasteiger partial charge in [-0.3, -0.25) is 0 Å². The van der Waals surface area contributed by atoms with Crippen molar-refractivity contribution in [2.24, 2.45) is 5.92 Å². The van der Waals surface area contributed by atoms with E-state index in [2.05, 4.69) is 21.8 Å². The van der Waals surface area contributed by atoms with E-state index in [1.54, 1.807) is 0 Å². The summed E-state index contributed by atoms with van der Waals surface area (Å²) >= 11 is 0. The van der Waals surface area contributed by atoms with Gasteiger partial charge in [0.25, 0.3) is 0 Å². The van der Waals surface area contributed by atoms with Gasteiger partial charge >= 0.3 is 0 Å². The first-order chi connectivity index (χ1) is 8.22. The van der Waals surface area contributed by atoms with Gasteiger partial charge in [-0.1, -0.05) is 13.3 Å². The summed E-state index contributed by atoms with van der Waals surface area (Å²) in [7, 11) is 0. The molecule has 2 rings (SSSR count). The van der Waals surface area contributed by atoms with Crippen LogP contribution in [0.15, 0.2) is 6.07 Å². The van der Waals surface area contributed by atoms with E-state index in [1.165, 1.54) is 19.3 Å². The maximum atomic E-state index is 9.16. The van der Waals surface area contributed by atoms with Crippen LogP contribution in [-0.2, 0) is 6.61 Å². The maximum absolute atomic E-state index is 9.16. The summed E-state index contributed by atoms with van der Waals surface area (Å²) in [6, 6.07) is 1.84. The van der Waals surface area contributed by atoms with E-state index in [0.717, 1.165) is 30.6 Å². The van der Waals surface area contributed by atoms with Crippen LogP contribution < -0.4 is 4.90 Å². The monoisotopic (exact) mass is 235 g/mol. The van der Waals surface area contributed by atoms with Crippen LogP contribution >= 0.6 is 0 Å². The largest absolute Gasteiger partial charge is 0.390 e. The van der Waals surface area contributed by atoms with Crippen LogP contribution in [0.4, 0.5) is 5.95 Å². The second-order valence-corrected chi connectivity index (χ2v) is 4.85. The van der Waals surface area contributed by atoms with Gasteiger partial charge in [-0.2, -0.15) is 0 Å². The first-order valence-electron chi connectivity index (χ1n) is 6.43. The van der Waals surface area contributed by atoms with Crippen molar-refractivity contribution in [3.63, 3.8) is 0 Å². The maximum Gasteiger partial charge on any atom is 0.225 e. The molecule has 17 heavy (non-hydrogen) atoms. The highest BCUT2D eigenvalue weighted by atomic mass is 16.3. The topological polar surface area (TPSA) is 49.2 Å². The summed E-state index contributed by atoms with van der Waals surface area (Å²) < 4.78 is 0. The van der Waals surface area contributed by atoms with Crippen molar-refractivity contribution in [2.75, 3.05) is 18.0 Å². The van der Waals surface area contributed by atoms with Gasteiger partial charge in [-0.05, 0) is 31.7 Å². The van der Waals surface area contributed by atoms with Crippen molar-refractivity contribution in [1.29, 1.82) is 0 Å². The second-order valence-electron chi connectivity index (χ2n) is 4.85. The second kappa shape index (κ2) is 5.45. The van der Waals surface area contributed by atoms with E-state index in [4.69, 9.17) is 5.11 Å². The van der Waals surface area contributed by atoms with E-state index < -0.39 is 0 Å². The molecular weight excluding hydrogens is 214 g/mol. The summed E-state index contributed by atoms with van der Waals surface area (Å²) in [5.74, 6) is 1.56. The van der Waals surface area contributed by atoms with Gasteiger partial charge in [0.05, 0.1) is 12.3 Å². The zero-order valence-electron chi connectivity index (χ0n) is 10.7. The van der Waals surface area contributed by atoms with Gasteiger partial charge in [0.1, 0.15) is 0 Å². The smallest absolute Gasteiger partial charge is 0.225 e. The third-order valence-electron chi connectivity index (χ3n) is 3.32. The third-order valence-corrected chi connectivity index (χ3v) is 3.32. The Morgan fingerprint density at radius 2 is 2.29 bits per heavy atom. The summed E-state index contributed by atoms with van der Waals surface area (Å²) in [6.45, 7) is 6.27. The zero-order chi connectivity index (χ0) is 12.3. The van der Waals surface area contributed by atoms with Gasteiger partial charge < -0.3 is 10.0 Å². The lowest BCUT2D eigenvalue weighted by molar-refractivity contribution is 0.276. The molecule has 0 saturated carbocycles. The number of hydrogen-bond donors (Lipinski definition) is 1. The molecule has 2 heterocycles. The van der Waals surface area contributed by atoms with Gasteiger partial charge in [-0.25, -0.2) is 9.97 Å². The normalized spacial score (nSPS) is 19.9. The lowest BCUT2D eigenvalue weighted by atomic mass is 10.0. The molecule has 1 aromatic rings. The number of hydrogen-bond acceptors (Lipinski definition) is 4. The lowest BCUT2D eigenvalue weighted by Gasteiger charge is -2.17. The van der Waals surface area contributed by atoms with Crippen molar-refractivity contribution in [2.45, 2.75) is 39.7 Å². The average Bonchev–Trinajstić information content (AvgIpc) is 2.77. The molecule has 0 aliphatic carbocycles. The molecule has 1 atom stereocenters. The molecule has 4 nitrogen and oxygen atoms in total.